The largest absolute Gasteiger partial charge is 0.481 e. The minimum atomic E-state index is -3.81. The lowest BCUT2D eigenvalue weighted by Crippen LogP contribution is -2.40. The molecular weight excluding hydrogens is 372 g/mol. The average Bonchev–Trinajstić information content (AvgIpc) is 3.02. The summed E-state index contributed by atoms with van der Waals surface area (Å²) in [7, 11) is -1.08. The number of hydrogen-bond acceptors (Lipinski definition) is 5. The fraction of sp³-hybridized carbons (Fsp3) is 0.333. The van der Waals surface area contributed by atoms with Gasteiger partial charge in [0, 0.05) is 33.3 Å². The van der Waals surface area contributed by atoms with Gasteiger partial charge in [0.1, 0.15) is 5.76 Å². The maximum absolute atomic E-state index is 13.0. The molecule has 0 aliphatic carbocycles. The summed E-state index contributed by atoms with van der Waals surface area (Å²) < 4.78 is 30.8. The molecule has 2 heterocycles. The second-order valence-electron chi connectivity index (χ2n) is 6.60. The van der Waals surface area contributed by atoms with E-state index in [1.807, 2.05) is 0 Å². The van der Waals surface area contributed by atoms with Crippen molar-refractivity contribution < 1.29 is 27.5 Å². The molecule has 0 saturated carbocycles. The molecule has 1 aliphatic heterocycles. The number of amides is 1. The van der Waals surface area contributed by atoms with E-state index in [4.69, 9.17) is 4.42 Å². The molecule has 8 nitrogen and oxygen atoms in total. The summed E-state index contributed by atoms with van der Waals surface area (Å²) in [5.74, 6) is -2.14. The first-order valence-electron chi connectivity index (χ1n) is 8.25. The van der Waals surface area contributed by atoms with Crippen LogP contribution in [-0.4, -0.2) is 55.2 Å². The van der Waals surface area contributed by atoms with Gasteiger partial charge in [-0.2, -0.15) is 0 Å². The monoisotopic (exact) mass is 392 g/mol. The number of furan rings is 1. The second-order valence-corrected chi connectivity index (χ2v) is 8.68. The van der Waals surface area contributed by atoms with Crippen molar-refractivity contribution in [3.63, 3.8) is 0 Å². The molecule has 0 saturated heterocycles. The van der Waals surface area contributed by atoms with Crippen LogP contribution in [0.15, 0.2) is 39.8 Å². The number of hydrogen-bond donors (Lipinski definition) is 1. The van der Waals surface area contributed by atoms with Gasteiger partial charge in [-0.3, -0.25) is 9.59 Å². The quantitative estimate of drug-likeness (QED) is 0.848. The first kappa shape index (κ1) is 19.1. The Balaban J connectivity index is 1.96. The fourth-order valence-electron chi connectivity index (χ4n) is 3.12. The molecule has 1 aromatic heterocycles. The van der Waals surface area contributed by atoms with Crippen LogP contribution in [0.4, 0.5) is 0 Å². The molecule has 1 N–H and O–H groups in total. The standard InChI is InChI=1S/C18H20N2O6S/c1-11-14(8-16(26-11)27(24,25)19(2)3)17(21)20-9-12-6-4-5-7-13(12)15(10-20)18(22)23/h4-8,15H,9-10H2,1-3H3,(H,22,23). The number of sulfonamides is 1. The van der Waals surface area contributed by atoms with Crippen molar-refractivity contribution >= 4 is 21.9 Å². The number of benzene rings is 1. The predicted octanol–water partition coefficient (Wildman–Crippen LogP) is 1.66. The lowest BCUT2D eigenvalue weighted by Gasteiger charge is -2.32. The Morgan fingerprint density at radius 1 is 1.26 bits per heavy atom. The van der Waals surface area contributed by atoms with Crippen molar-refractivity contribution in [3.05, 3.63) is 52.8 Å². The van der Waals surface area contributed by atoms with E-state index in [9.17, 15) is 23.1 Å². The maximum Gasteiger partial charge on any atom is 0.312 e. The lowest BCUT2D eigenvalue weighted by atomic mass is 9.89. The molecule has 1 aromatic carbocycles. The van der Waals surface area contributed by atoms with Gasteiger partial charge in [0.05, 0.1) is 11.5 Å². The Bertz CT molecular complexity index is 1010. The van der Waals surface area contributed by atoms with Gasteiger partial charge in [0.25, 0.3) is 15.9 Å². The van der Waals surface area contributed by atoms with Gasteiger partial charge >= 0.3 is 5.97 Å². The highest BCUT2D eigenvalue weighted by Gasteiger charge is 2.34. The molecule has 0 radical (unpaired) electrons. The SMILES string of the molecule is Cc1oc(S(=O)(=O)N(C)C)cc1C(=O)N1Cc2ccccc2C(C(=O)O)C1. The molecule has 0 spiro atoms. The third-order valence-corrected chi connectivity index (χ3v) is 6.31. The van der Waals surface area contributed by atoms with Crippen molar-refractivity contribution in [2.45, 2.75) is 24.5 Å². The maximum atomic E-state index is 13.0. The minimum Gasteiger partial charge on any atom is -0.481 e. The Labute approximate surface area is 157 Å². The molecule has 144 valence electrons. The third-order valence-electron chi connectivity index (χ3n) is 4.64. The van der Waals surface area contributed by atoms with E-state index in [-0.39, 0.29) is 29.5 Å². The van der Waals surface area contributed by atoms with E-state index in [0.717, 1.165) is 9.87 Å². The number of rotatable bonds is 4. The molecular formula is C18H20N2O6S. The first-order chi connectivity index (χ1) is 12.6. The molecule has 9 heteroatoms. The highest BCUT2D eigenvalue weighted by Crippen LogP contribution is 2.31. The van der Waals surface area contributed by atoms with Crippen molar-refractivity contribution in [3.8, 4) is 0 Å². The summed E-state index contributed by atoms with van der Waals surface area (Å²) >= 11 is 0. The summed E-state index contributed by atoms with van der Waals surface area (Å²) in [6, 6.07) is 8.29. The van der Waals surface area contributed by atoms with Crippen LogP contribution in [0.1, 0.15) is 33.2 Å². The number of fused-ring (bicyclic) bond motifs is 1. The first-order valence-corrected chi connectivity index (χ1v) is 9.69. The van der Waals surface area contributed by atoms with Crippen LogP contribution < -0.4 is 0 Å². The van der Waals surface area contributed by atoms with Gasteiger partial charge in [-0.25, -0.2) is 12.7 Å². The van der Waals surface area contributed by atoms with Gasteiger partial charge in [0.15, 0.2) is 0 Å². The van der Waals surface area contributed by atoms with Crippen LogP contribution in [0.25, 0.3) is 0 Å². The van der Waals surface area contributed by atoms with Crippen LogP contribution >= 0.6 is 0 Å². The summed E-state index contributed by atoms with van der Waals surface area (Å²) in [6.45, 7) is 1.76. The molecule has 2 aromatic rings. The Hall–Kier alpha value is -2.65. The van der Waals surface area contributed by atoms with Gasteiger partial charge < -0.3 is 14.4 Å². The third kappa shape index (κ3) is 3.35. The topological polar surface area (TPSA) is 108 Å². The average molecular weight is 392 g/mol. The molecule has 1 aliphatic rings. The smallest absolute Gasteiger partial charge is 0.312 e. The highest BCUT2D eigenvalue weighted by molar-refractivity contribution is 7.88. The Morgan fingerprint density at radius 2 is 1.93 bits per heavy atom. The molecule has 0 fully saturated rings. The van der Waals surface area contributed by atoms with Gasteiger partial charge in [-0.1, -0.05) is 24.3 Å². The zero-order valence-electron chi connectivity index (χ0n) is 15.2. The highest BCUT2D eigenvalue weighted by atomic mass is 32.2. The molecule has 1 atom stereocenters. The van der Waals surface area contributed by atoms with Crippen molar-refractivity contribution in [1.82, 2.24) is 9.21 Å². The predicted molar refractivity (Wildman–Crippen MR) is 95.9 cm³/mol. The van der Waals surface area contributed by atoms with E-state index in [1.54, 1.807) is 24.3 Å². The summed E-state index contributed by atoms with van der Waals surface area (Å²) in [6.07, 6.45) is 0. The van der Waals surface area contributed by atoms with Crippen molar-refractivity contribution in [2.75, 3.05) is 20.6 Å². The molecule has 3 rings (SSSR count). The molecule has 27 heavy (non-hydrogen) atoms. The van der Waals surface area contributed by atoms with E-state index in [0.29, 0.717) is 5.56 Å². The van der Waals surface area contributed by atoms with E-state index >= 15 is 0 Å². The molecule has 1 unspecified atom stereocenters. The number of aliphatic carboxylic acids is 1. The number of aryl methyl sites for hydroxylation is 1. The zero-order valence-corrected chi connectivity index (χ0v) is 16.0. The fourth-order valence-corrected chi connectivity index (χ4v) is 3.97. The second kappa shape index (κ2) is 6.82. The zero-order chi connectivity index (χ0) is 19.9. The summed E-state index contributed by atoms with van der Waals surface area (Å²) in [5.41, 5.74) is 1.56. The van der Waals surface area contributed by atoms with Crippen molar-refractivity contribution in [2.24, 2.45) is 0 Å². The van der Waals surface area contributed by atoms with Crippen LogP contribution in [0.5, 0.6) is 0 Å². The summed E-state index contributed by atoms with van der Waals surface area (Å²) in [5, 5.41) is 9.22. The Kier molecular flexibility index (Phi) is 4.83. The number of nitrogens with zero attached hydrogens (tertiary/aromatic N) is 2. The van der Waals surface area contributed by atoms with Crippen LogP contribution in [0, 0.1) is 6.92 Å². The number of carbonyl (C=O) groups excluding carboxylic acids is 1. The number of carbonyl (C=O) groups is 2. The van der Waals surface area contributed by atoms with Crippen LogP contribution in [0.3, 0.4) is 0 Å². The van der Waals surface area contributed by atoms with E-state index < -0.39 is 27.8 Å². The van der Waals surface area contributed by atoms with Gasteiger partial charge in [-0.05, 0) is 18.1 Å². The minimum absolute atomic E-state index is 0.00552. The van der Waals surface area contributed by atoms with Crippen molar-refractivity contribution in [1.29, 1.82) is 0 Å². The number of carboxylic acids is 1. The summed E-state index contributed by atoms with van der Waals surface area (Å²) in [4.78, 5) is 26.0. The lowest BCUT2D eigenvalue weighted by molar-refractivity contribution is -0.139. The van der Waals surface area contributed by atoms with Gasteiger partial charge in [-0.15, -0.1) is 0 Å². The molecule has 0 bridgehead atoms. The van der Waals surface area contributed by atoms with Crippen LogP contribution in [-0.2, 0) is 21.4 Å². The van der Waals surface area contributed by atoms with E-state index in [2.05, 4.69) is 0 Å². The van der Waals surface area contributed by atoms with Gasteiger partial charge in [0.2, 0.25) is 5.09 Å². The molecule has 1 amide bonds. The number of carboxylic acid groups (broad SMARTS) is 1. The normalized spacial score (nSPS) is 17.0. The van der Waals surface area contributed by atoms with Crippen LogP contribution in [0.2, 0.25) is 0 Å². The Morgan fingerprint density at radius 3 is 2.56 bits per heavy atom. The van der Waals surface area contributed by atoms with E-state index in [1.165, 1.54) is 32.0 Å².